The molecule has 42 heavy (non-hydrogen) atoms. The molecule has 0 spiro atoms. The van der Waals surface area contributed by atoms with Crippen LogP contribution in [-0.2, 0) is 24.0 Å². The molecule has 4 amide bonds. The number of rotatable bonds is 22. The number of primary amides is 1. The Hall–Kier alpha value is -4.68. The number of nitrogens with zero attached hydrogens (tertiary/aromatic N) is 3. The third-order valence-corrected chi connectivity index (χ3v) is 5.65. The van der Waals surface area contributed by atoms with Gasteiger partial charge in [0, 0.05) is 26.1 Å². The molecule has 19 heteroatoms. The number of hydrogen-bond acceptors (Lipinski definition) is 9. The standard InChI is InChI=1S/C23H46N14O5/c24-14(5-2-10-33-22(28)29)18(40)36-15(6-3-11-34-23(30)31)20(42)37-16(7-8-17(25)39)19(41)35-13(12-38)4-1-9-32-21(26)27/h12-16H,1-11,24H2,(H2,25,39)(H,35,41)(H,36,40)(H,37,42)(H4,26,27,32)(H4,28,29,33)(H4,30,31,34)/t13-,14+,15-,16+/m1/s1. The molecule has 0 aliphatic carbocycles. The van der Waals surface area contributed by atoms with Crippen molar-refractivity contribution in [2.24, 2.45) is 60.8 Å². The Bertz CT molecular complexity index is 975. The van der Waals surface area contributed by atoms with Crippen molar-refractivity contribution in [2.75, 3.05) is 19.6 Å². The van der Waals surface area contributed by atoms with Gasteiger partial charge in [0.2, 0.25) is 23.6 Å². The molecule has 238 valence electrons. The summed E-state index contributed by atoms with van der Waals surface area (Å²) in [5.41, 5.74) is 43.0. The van der Waals surface area contributed by atoms with Gasteiger partial charge in [0.25, 0.3) is 0 Å². The minimum absolute atomic E-state index is 0.0843. The van der Waals surface area contributed by atoms with Crippen LogP contribution in [0.25, 0.3) is 0 Å². The van der Waals surface area contributed by atoms with Gasteiger partial charge >= 0.3 is 0 Å². The van der Waals surface area contributed by atoms with Crippen LogP contribution < -0.4 is 61.8 Å². The number of aliphatic imine (C=N–C) groups is 3. The van der Waals surface area contributed by atoms with E-state index in [4.69, 9.17) is 45.9 Å². The van der Waals surface area contributed by atoms with Gasteiger partial charge in [-0.05, 0) is 44.9 Å². The van der Waals surface area contributed by atoms with Crippen molar-refractivity contribution in [1.82, 2.24) is 16.0 Å². The van der Waals surface area contributed by atoms with E-state index in [1.54, 1.807) is 0 Å². The Labute approximate surface area is 244 Å². The summed E-state index contributed by atoms with van der Waals surface area (Å²) in [4.78, 5) is 73.4. The van der Waals surface area contributed by atoms with Gasteiger partial charge in [-0.3, -0.25) is 34.2 Å². The fourth-order valence-electron chi connectivity index (χ4n) is 3.51. The number of nitrogens with one attached hydrogen (secondary N) is 3. The highest BCUT2D eigenvalue weighted by atomic mass is 16.2. The Morgan fingerprint density at radius 1 is 0.595 bits per heavy atom. The molecule has 0 heterocycles. The number of guanidine groups is 3. The van der Waals surface area contributed by atoms with Crippen LogP contribution in [0.5, 0.6) is 0 Å². The Morgan fingerprint density at radius 2 is 1.02 bits per heavy atom. The Kier molecular flexibility index (Phi) is 18.8. The van der Waals surface area contributed by atoms with E-state index in [2.05, 4.69) is 30.9 Å². The topological polar surface area (TPSA) is 367 Å². The molecule has 0 aromatic rings. The summed E-state index contributed by atoms with van der Waals surface area (Å²) < 4.78 is 0. The summed E-state index contributed by atoms with van der Waals surface area (Å²) in [5.74, 6) is -3.14. The maximum atomic E-state index is 13.3. The van der Waals surface area contributed by atoms with Crippen LogP contribution in [0.1, 0.15) is 51.4 Å². The van der Waals surface area contributed by atoms with Crippen molar-refractivity contribution in [2.45, 2.75) is 75.5 Å². The SMILES string of the molecule is NC(=O)CC[C@H](NC(=O)[C@@H](CCCN=C(N)N)NC(=O)[C@@H](N)CCCN=C(N)N)C(=O)N[C@@H](C=O)CCCN=C(N)N. The number of carbonyl (C=O) groups excluding carboxylic acids is 5. The van der Waals surface area contributed by atoms with E-state index >= 15 is 0 Å². The average molecular weight is 599 g/mol. The zero-order chi connectivity index (χ0) is 32.1. The molecule has 19 nitrogen and oxygen atoms in total. The summed E-state index contributed by atoms with van der Waals surface area (Å²) in [6, 6.07) is -4.28. The van der Waals surface area contributed by atoms with Crippen molar-refractivity contribution >= 4 is 47.8 Å². The molecule has 0 aliphatic rings. The molecule has 0 bridgehead atoms. The van der Waals surface area contributed by atoms with Crippen molar-refractivity contribution in [3.63, 3.8) is 0 Å². The van der Waals surface area contributed by atoms with Crippen LogP contribution in [0.15, 0.2) is 15.0 Å². The highest BCUT2D eigenvalue weighted by Gasteiger charge is 2.29. The molecule has 0 fully saturated rings. The lowest BCUT2D eigenvalue weighted by atomic mass is 10.1. The number of amides is 4. The van der Waals surface area contributed by atoms with Gasteiger partial charge in [0.15, 0.2) is 17.9 Å². The second kappa shape index (κ2) is 21.1. The van der Waals surface area contributed by atoms with Crippen molar-refractivity contribution in [3.05, 3.63) is 0 Å². The highest BCUT2D eigenvalue weighted by molar-refractivity contribution is 5.93. The average Bonchev–Trinajstić information content (AvgIpc) is 2.91. The first kappa shape index (κ1) is 37.3. The van der Waals surface area contributed by atoms with E-state index < -0.39 is 47.8 Å². The normalized spacial score (nSPS) is 13.3. The molecule has 0 rings (SSSR count). The number of nitrogens with two attached hydrogens (primary N) is 8. The molecule has 0 aromatic carbocycles. The third kappa shape index (κ3) is 18.6. The molecule has 0 aromatic heterocycles. The predicted octanol–water partition coefficient (Wildman–Crippen LogP) is -5.61. The molecule has 19 N–H and O–H groups in total. The monoisotopic (exact) mass is 598 g/mol. The minimum atomic E-state index is -1.25. The maximum Gasteiger partial charge on any atom is 0.243 e. The van der Waals surface area contributed by atoms with E-state index in [1.165, 1.54) is 0 Å². The predicted molar refractivity (Wildman–Crippen MR) is 158 cm³/mol. The fourth-order valence-corrected chi connectivity index (χ4v) is 3.51. The minimum Gasteiger partial charge on any atom is -0.370 e. The largest absolute Gasteiger partial charge is 0.370 e. The molecule has 0 aliphatic heterocycles. The summed E-state index contributed by atoms with van der Waals surface area (Å²) in [5, 5.41) is 7.62. The van der Waals surface area contributed by atoms with Crippen LogP contribution in [0, 0.1) is 0 Å². The van der Waals surface area contributed by atoms with Crippen molar-refractivity contribution in [3.8, 4) is 0 Å². The highest BCUT2D eigenvalue weighted by Crippen LogP contribution is 2.06. The summed E-state index contributed by atoms with van der Waals surface area (Å²) >= 11 is 0. The second-order valence-corrected chi connectivity index (χ2v) is 9.33. The van der Waals surface area contributed by atoms with Crippen LogP contribution in [0.3, 0.4) is 0 Å². The van der Waals surface area contributed by atoms with Crippen LogP contribution in [0.4, 0.5) is 0 Å². The first-order valence-corrected chi connectivity index (χ1v) is 13.3. The zero-order valence-corrected chi connectivity index (χ0v) is 23.7. The van der Waals surface area contributed by atoms with E-state index in [-0.39, 0.29) is 76.0 Å². The van der Waals surface area contributed by atoms with Crippen LogP contribution >= 0.6 is 0 Å². The van der Waals surface area contributed by atoms with Crippen molar-refractivity contribution in [1.29, 1.82) is 0 Å². The van der Waals surface area contributed by atoms with Gasteiger partial charge in [0.05, 0.1) is 12.1 Å². The molecule has 0 radical (unpaired) electrons. The van der Waals surface area contributed by atoms with Gasteiger partial charge < -0.3 is 66.6 Å². The van der Waals surface area contributed by atoms with Crippen LogP contribution in [-0.4, -0.2) is 91.6 Å². The number of hydrogen-bond donors (Lipinski definition) is 11. The van der Waals surface area contributed by atoms with Gasteiger partial charge in [-0.1, -0.05) is 0 Å². The summed E-state index contributed by atoms with van der Waals surface area (Å²) in [7, 11) is 0. The van der Waals surface area contributed by atoms with Gasteiger partial charge in [0.1, 0.15) is 18.4 Å². The van der Waals surface area contributed by atoms with Crippen LogP contribution in [0.2, 0.25) is 0 Å². The lowest BCUT2D eigenvalue weighted by Gasteiger charge is -2.25. The van der Waals surface area contributed by atoms with Gasteiger partial charge in [-0.25, -0.2) is 0 Å². The van der Waals surface area contributed by atoms with E-state index in [9.17, 15) is 24.0 Å². The molecule has 4 atom stereocenters. The molecule has 0 saturated carbocycles. The number of aldehydes is 1. The lowest BCUT2D eigenvalue weighted by Crippen LogP contribution is -2.56. The molecule has 0 saturated heterocycles. The molecule has 0 unspecified atom stereocenters. The first-order chi connectivity index (χ1) is 19.8. The van der Waals surface area contributed by atoms with E-state index in [0.29, 0.717) is 19.1 Å². The Morgan fingerprint density at radius 3 is 1.50 bits per heavy atom. The summed E-state index contributed by atoms with van der Waals surface area (Å²) in [6.07, 6.45) is 1.74. The smallest absolute Gasteiger partial charge is 0.243 e. The van der Waals surface area contributed by atoms with Crippen molar-refractivity contribution < 1.29 is 24.0 Å². The molecular formula is C23H46N14O5. The number of carbonyl (C=O) groups is 5. The summed E-state index contributed by atoms with van der Waals surface area (Å²) in [6.45, 7) is 0.666. The first-order valence-electron chi connectivity index (χ1n) is 13.3. The van der Waals surface area contributed by atoms with E-state index in [1.807, 2.05) is 0 Å². The quantitative estimate of drug-likeness (QED) is 0.0240. The molecular weight excluding hydrogens is 552 g/mol. The van der Waals surface area contributed by atoms with Gasteiger partial charge in [-0.2, -0.15) is 0 Å². The van der Waals surface area contributed by atoms with E-state index in [0.717, 1.165) is 0 Å². The Balaban J connectivity index is 5.57. The lowest BCUT2D eigenvalue weighted by molar-refractivity contribution is -0.133. The fraction of sp³-hybridized carbons (Fsp3) is 0.652. The third-order valence-electron chi connectivity index (χ3n) is 5.65. The maximum absolute atomic E-state index is 13.3. The van der Waals surface area contributed by atoms with Gasteiger partial charge in [-0.15, -0.1) is 0 Å². The zero-order valence-electron chi connectivity index (χ0n) is 23.7. The second-order valence-electron chi connectivity index (χ2n) is 9.33.